The number of hydrogen-bond donors (Lipinski definition) is 2. The van der Waals surface area contributed by atoms with Gasteiger partial charge in [-0.2, -0.15) is 4.37 Å². The highest BCUT2D eigenvalue weighted by molar-refractivity contribution is 7.11. The number of aromatic nitrogens is 1. The predicted octanol–water partition coefficient (Wildman–Crippen LogP) is 3.61. The summed E-state index contributed by atoms with van der Waals surface area (Å²) in [7, 11) is 0. The number of hydrogen-bond acceptors (Lipinski definition) is 5. The van der Waals surface area contributed by atoms with Gasteiger partial charge >= 0.3 is 0 Å². The summed E-state index contributed by atoms with van der Waals surface area (Å²) in [5.74, 6) is 1.11. The lowest BCUT2D eigenvalue weighted by molar-refractivity contribution is 0.344. The first-order valence-corrected chi connectivity index (χ1v) is 7.10. The van der Waals surface area contributed by atoms with E-state index in [0.29, 0.717) is 18.2 Å². The first-order chi connectivity index (χ1) is 9.13. The molecule has 5 heteroatoms. The van der Waals surface area contributed by atoms with Crippen LogP contribution in [-0.4, -0.2) is 11.0 Å². The molecule has 0 saturated carbocycles. The summed E-state index contributed by atoms with van der Waals surface area (Å²) < 4.78 is 9.67. The number of rotatable bonds is 5. The molecule has 102 valence electrons. The summed E-state index contributed by atoms with van der Waals surface area (Å²) in [6.45, 7) is 6.74. The molecule has 0 bridgehead atoms. The molecule has 0 fully saturated rings. The van der Waals surface area contributed by atoms with Gasteiger partial charge in [0.05, 0.1) is 6.61 Å². The second kappa shape index (κ2) is 5.93. The van der Waals surface area contributed by atoms with Gasteiger partial charge in [0, 0.05) is 6.04 Å². The van der Waals surface area contributed by atoms with E-state index in [2.05, 4.69) is 35.7 Å². The molecule has 0 aliphatic heterocycles. The van der Waals surface area contributed by atoms with Crippen molar-refractivity contribution in [3.05, 3.63) is 35.4 Å². The standard InChI is InChI=1S/C14H19N3OS/c1-4-18-12-13(15)17-19-14(12)16-10(3)11-8-6-5-7-9(11)2/h5-8,10,16H,4H2,1-3H3,(H2,15,17). The first-order valence-electron chi connectivity index (χ1n) is 6.33. The Hall–Kier alpha value is -1.75. The number of nitrogen functional groups attached to an aromatic ring is 1. The minimum absolute atomic E-state index is 0.181. The summed E-state index contributed by atoms with van der Waals surface area (Å²) in [6.07, 6.45) is 0. The maximum Gasteiger partial charge on any atom is 0.197 e. The third-order valence-electron chi connectivity index (χ3n) is 2.97. The molecular weight excluding hydrogens is 258 g/mol. The van der Waals surface area contributed by atoms with Gasteiger partial charge in [-0.1, -0.05) is 24.3 Å². The maximum atomic E-state index is 5.81. The predicted molar refractivity (Wildman–Crippen MR) is 80.9 cm³/mol. The van der Waals surface area contributed by atoms with Crippen LogP contribution in [0.4, 0.5) is 10.8 Å². The number of nitrogens with two attached hydrogens (primary N) is 1. The molecule has 19 heavy (non-hydrogen) atoms. The lowest BCUT2D eigenvalue weighted by Gasteiger charge is -2.17. The number of nitrogens with zero attached hydrogens (tertiary/aromatic N) is 1. The van der Waals surface area contributed by atoms with E-state index >= 15 is 0 Å². The van der Waals surface area contributed by atoms with E-state index < -0.39 is 0 Å². The molecule has 1 atom stereocenters. The summed E-state index contributed by atoms with van der Waals surface area (Å²) in [6, 6.07) is 8.50. The van der Waals surface area contributed by atoms with E-state index in [0.717, 1.165) is 5.00 Å². The molecule has 1 aromatic heterocycles. The molecule has 0 radical (unpaired) electrons. The van der Waals surface area contributed by atoms with Crippen LogP contribution < -0.4 is 15.8 Å². The van der Waals surface area contributed by atoms with Gasteiger partial charge in [0.25, 0.3) is 0 Å². The van der Waals surface area contributed by atoms with E-state index in [9.17, 15) is 0 Å². The summed E-state index contributed by atoms with van der Waals surface area (Å²) in [5.41, 5.74) is 8.33. The molecule has 0 spiro atoms. The maximum absolute atomic E-state index is 5.81. The Labute approximate surface area is 117 Å². The summed E-state index contributed by atoms with van der Waals surface area (Å²) in [5, 5.41) is 4.31. The van der Waals surface area contributed by atoms with Gasteiger partial charge in [-0.3, -0.25) is 0 Å². The zero-order chi connectivity index (χ0) is 13.8. The van der Waals surface area contributed by atoms with Crippen molar-refractivity contribution >= 4 is 22.4 Å². The summed E-state index contributed by atoms with van der Waals surface area (Å²) >= 11 is 1.33. The first kappa shape index (κ1) is 13.7. The van der Waals surface area contributed by atoms with Crippen molar-refractivity contribution in [2.45, 2.75) is 26.8 Å². The van der Waals surface area contributed by atoms with Crippen molar-refractivity contribution in [2.75, 3.05) is 17.7 Å². The third kappa shape index (κ3) is 2.98. The van der Waals surface area contributed by atoms with Gasteiger partial charge in [0.1, 0.15) is 0 Å². The van der Waals surface area contributed by atoms with Crippen molar-refractivity contribution in [1.29, 1.82) is 0 Å². The third-order valence-corrected chi connectivity index (χ3v) is 3.74. The highest BCUT2D eigenvalue weighted by Gasteiger charge is 2.16. The molecule has 0 saturated heterocycles. The van der Waals surface area contributed by atoms with Crippen LogP contribution in [0, 0.1) is 6.92 Å². The molecular formula is C14H19N3OS. The minimum Gasteiger partial charge on any atom is -0.487 e. The monoisotopic (exact) mass is 277 g/mol. The topological polar surface area (TPSA) is 60.2 Å². The lowest BCUT2D eigenvalue weighted by atomic mass is 10.0. The van der Waals surface area contributed by atoms with Crippen LogP contribution in [0.15, 0.2) is 24.3 Å². The van der Waals surface area contributed by atoms with Crippen LogP contribution in [0.3, 0.4) is 0 Å². The Bertz CT molecular complexity index is 553. The van der Waals surface area contributed by atoms with Crippen LogP contribution in [0.1, 0.15) is 31.0 Å². The average Bonchev–Trinajstić information content (AvgIpc) is 2.72. The molecule has 1 heterocycles. The van der Waals surface area contributed by atoms with Crippen LogP contribution in [0.5, 0.6) is 5.75 Å². The Morgan fingerprint density at radius 1 is 1.42 bits per heavy atom. The van der Waals surface area contributed by atoms with E-state index in [4.69, 9.17) is 10.5 Å². The van der Waals surface area contributed by atoms with E-state index in [1.165, 1.54) is 22.7 Å². The molecule has 1 aromatic carbocycles. The highest BCUT2D eigenvalue weighted by atomic mass is 32.1. The molecule has 2 rings (SSSR count). The zero-order valence-electron chi connectivity index (χ0n) is 11.4. The van der Waals surface area contributed by atoms with Crippen molar-refractivity contribution < 1.29 is 4.74 Å². The molecule has 0 amide bonds. The Morgan fingerprint density at radius 3 is 2.84 bits per heavy atom. The van der Waals surface area contributed by atoms with E-state index in [1.807, 2.05) is 19.1 Å². The molecule has 4 nitrogen and oxygen atoms in total. The van der Waals surface area contributed by atoms with E-state index in [-0.39, 0.29) is 6.04 Å². The number of aryl methyl sites for hydroxylation is 1. The van der Waals surface area contributed by atoms with Gasteiger partial charge in [-0.15, -0.1) is 0 Å². The molecule has 0 aliphatic rings. The van der Waals surface area contributed by atoms with Crippen molar-refractivity contribution in [2.24, 2.45) is 0 Å². The Morgan fingerprint density at radius 2 is 2.16 bits per heavy atom. The minimum atomic E-state index is 0.181. The van der Waals surface area contributed by atoms with Gasteiger partial charge in [0.15, 0.2) is 16.6 Å². The smallest absolute Gasteiger partial charge is 0.197 e. The number of anilines is 2. The normalized spacial score (nSPS) is 12.2. The van der Waals surface area contributed by atoms with Gasteiger partial charge in [-0.25, -0.2) is 0 Å². The van der Waals surface area contributed by atoms with Crippen molar-refractivity contribution in [3.63, 3.8) is 0 Å². The fourth-order valence-corrected chi connectivity index (χ4v) is 2.77. The van der Waals surface area contributed by atoms with E-state index in [1.54, 1.807) is 0 Å². The van der Waals surface area contributed by atoms with Crippen LogP contribution >= 0.6 is 11.5 Å². The highest BCUT2D eigenvalue weighted by Crippen LogP contribution is 2.37. The fourth-order valence-electron chi connectivity index (χ4n) is 2.02. The average molecular weight is 277 g/mol. The van der Waals surface area contributed by atoms with Gasteiger partial charge in [-0.05, 0) is 43.4 Å². The molecule has 1 unspecified atom stereocenters. The fraction of sp³-hybridized carbons (Fsp3) is 0.357. The Kier molecular flexibility index (Phi) is 4.27. The molecule has 3 N–H and O–H groups in total. The van der Waals surface area contributed by atoms with Crippen molar-refractivity contribution in [1.82, 2.24) is 4.37 Å². The van der Waals surface area contributed by atoms with Crippen LogP contribution in [0.2, 0.25) is 0 Å². The largest absolute Gasteiger partial charge is 0.487 e. The number of ether oxygens (including phenoxy) is 1. The second-order valence-corrected chi connectivity index (χ2v) is 5.16. The van der Waals surface area contributed by atoms with Crippen LogP contribution in [0.25, 0.3) is 0 Å². The van der Waals surface area contributed by atoms with Crippen LogP contribution in [-0.2, 0) is 0 Å². The summed E-state index contributed by atoms with van der Waals surface area (Å²) in [4.78, 5) is 0. The van der Waals surface area contributed by atoms with Crippen molar-refractivity contribution in [3.8, 4) is 5.75 Å². The Balaban J connectivity index is 2.19. The number of benzene rings is 1. The zero-order valence-corrected chi connectivity index (χ0v) is 12.3. The SMILES string of the molecule is CCOc1c(N)nsc1NC(C)c1ccccc1C. The van der Waals surface area contributed by atoms with Gasteiger partial charge < -0.3 is 15.8 Å². The van der Waals surface area contributed by atoms with Gasteiger partial charge in [0.2, 0.25) is 0 Å². The second-order valence-electron chi connectivity index (χ2n) is 4.38. The molecule has 2 aromatic rings. The lowest BCUT2D eigenvalue weighted by Crippen LogP contribution is -2.08. The number of nitrogens with one attached hydrogen (secondary N) is 1. The molecule has 0 aliphatic carbocycles. The quantitative estimate of drug-likeness (QED) is 0.876.